The largest absolute Gasteiger partial charge is 0.481 e. The third-order valence-electron chi connectivity index (χ3n) is 4.10. The second-order valence-corrected chi connectivity index (χ2v) is 5.22. The molecule has 0 spiro atoms. The number of amides is 2. The number of likely N-dealkylation sites (tertiary alicyclic amines) is 1. The SMILES string of the molecule is CCC1(C(=O)O)CCN(C(=O)N(C)C(C)CC#N)C1. The van der Waals surface area contributed by atoms with Crippen molar-refractivity contribution in [3.05, 3.63) is 0 Å². The van der Waals surface area contributed by atoms with Gasteiger partial charge < -0.3 is 14.9 Å². The number of hydrogen-bond acceptors (Lipinski definition) is 3. The Kier molecular flexibility index (Phi) is 4.76. The van der Waals surface area contributed by atoms with Crippen LogP contribution in [-0.4, -0.2) is 53.1 Å². The van der Waals surface area contributed by atoms with Crippen molar-refractivity contribution < 1.29 is 14.7 Å². The second-order valence-electron chi connectivity index (χ2n) is 5.22. The molecule has 106 valence electrons. The quantitative estimate of drug-likeness (QED) is 0.837. The normalized spacial score (nSPS) is 23.8. The molecule has 6 nitrogen and oxygen atoms in total. The van der Waals surface area contributed by atoms with Crippen LogP contribution in [0.4, 0.5) is 4.79 Å². The standard InChI is InChI=1S/C13H21N3O3/c1-4-13(11(17)18)6-8-16(9-13)12(19)15(3)10(2)5-7-14/h10H,4-6,8-9H2,1-3H3,(H,17,18). The topological polar surface area (TPSA) is 84.6 Å². The molecule has 2 amide bonds. The first-order valence-corrected chi connectivity index (χ1v) is 6.50. The number of nitriles is 1. The van der Waals surface area contributed by atoms with E-state index >= 15 is 0 Å². The van der Waals surface area contributed by atoms with Crippen molar-refractivity contribution in [2.24, 2.45) is 5.41 Å². The van der Waals surface area contributed by atoms with Gasteiger partial charge in [0.25, 0.3) is 0 Å². The zero-order valence-electron chi connectivity index (χ0n) is 11.7. The highest BCUT2D eigenvalue weighted by molar-refractivity contribution is 5.79. The second kappa shape index (κ2) is 5.91. The van der Waals surface area contributed by atoms with Crippen molar-refractivity contribution in [1.82, 2.24) is 9.80 Å². The van der Waals surface area contributed by atoms with Gasteiger partial charge in [-0.2, -0.15) is 5.26 Å². The van der Waals surface area contributed by atoms with Crippen LogP contribution in [0.15, 0.2) is 0 Å². The van der Waals surface area contributed by atoms with Crippen LogP contribution in [-0.2, 0) is 4.79 Å². The number of rotatable bonds is 4. The number of urea groups is 1. The highest BCUT2D eigenvalue weighted by Crippen LogP contribution is 2.34. The summed E-state index contributed by atoms with van der Waals surface area (Å²) in [6.45, 7) is 4.36. The zero-order valence-corrected chi connectivity index (χ0v) is 11.7. The lowest BCUT2D eigenvalue weighted by atomic mass is 9.84. The summed E-state index contributed by atoms with van der Waals surface area (Å²) in [7, 11) is 1.65. The molecule has 1 aliphatic heterocycles. The predicted molar refractivity (Wildman–Crippen MR) is 69.4 cm³/mol. The summed E-state index contributed by atoms with van der Waals surface area (Å²) in [6, 6.07) is 1.67. The number of aliphatic carboxylic acids is 1. The van der Waals surface area contributed by atoms with Gasteiger partial charge >= 0.3 is 12.0 Å². The minimum absolute atomic E-state index is 0.168. The van der Waals surface area contributed by atoms with E-state index in [9.17, 15) is 14.7 Å². The highest BCUT2D eigenvalue weighted by Gasteiger charge is 2.45. The van der Waals surface area contributed by atoms with Gasteiger partial charge in [0, 0.05) is 26.2 Å². The van der Waals surface area contributed by atoms with Crippen molar-refractivity contribution in [1.29, 1.82) is 5.26 Å². The summed E-state index contributed by atoms with van der Waals surface area (Å²) >= 11 is 0. The van der Waals surface area contributed by atoms with Gasteiger partial charge in [0.05, 0.1) is 17.9 Å². The Balaban J connectivity index is 2.72. The van der Waals surface area contributed by atoms with Gasteiger partial charge in [0.15, 0.2) is 0 Å². The molecule has 0 bridgehead atoms. The van der Waals surface area contributed by atoms with Crippen LogP contribution in [0.3, 0.4) is 0 Å². The molecule has 0 aromatic heterocycles. The fourth-order valence-electron chi connectivity index (χ4n) is 2.33. The fourth-order valence-corrected chi connectivity index (χ4v) is 2.33. The van der Waals surface area contributed by atoms with Crippen molar-refractivity contribution in [2.75, 3.05) is 20.1 Å². The third kappa shape index (κ3) is 2.98. The Morgan fingerprint density at radius 1 is 1.58 bits per heavy atom. The first kappa shape index (κ1) is 15.3. The van der Waals surface area contributed by atoms with E-state index in [-0.39, 0.29) is 25.0 Å². The summed E-state index contributed by atoms with van der Waals surface area (Å²) in [5.41, 5.74) is -0.811. The van der Waals surface area contributed by atoms with Crippen molar-refractivity contribution in [3.63, 3.8) is 0 Å². The van der Waals surface area contributed by atoms with E-state index in [1.165, 1.54) is 4.90 Å². The minimum atomic E-state index is -0.835. The summed E-state index contributed by atoms with van der Waals surface area (Å²) in [5, 5.41) is 17.9. The van der Waals surface area contributed by atoms with Gasteiger partial charge in [-0.1, -0.05) is 6.92 Å². The first-order valence-electron chi connectivity index (χ1n) is 6.50. The molecule has 2 unspecified atom stereocenters. The van der Waals surface area contributed by atoms with Crippen LogP contribution in [0.5, 0.6) is 0 Å². The van der Waals surface area contributed by atoms with Gasteiger partial charge in [0.2, 0.25) is 0 Å². The third-order valence-corrected chi connectivity index (χ3v) is 4.10. The van der Waals surface area contributed by atoms with Gasteiger partial charge in [0.1, 0.15) is 0 Å². The number of carbonyl (C=O) groups is 2. The summed E-state index contributed by atoms with van der Waals surface area (Å²) in [6.07, 6.45) is 1.28. The molecular weight excluding hydrogens is 246 g/mol. The van der Waals surface area contributed by atoms with Gasteiger partial charge in [-0.3, -0.25) is 4.79 Å². The van der Waals surface area contributed by atoms with Crippen molar-refractivity contribution in [3.8, 4) is 6.07 Å². The lowest BCUT2D eigenvalue weighted by molar-refractivity contribution is -0.148. The zero-order chi connectivity index (χ0) is 14.6. The molecule has 1 fully saturated rings. The number of carbonyl (C=O) groups excluding carboxylic acids is 1. The van der Waals surface area contributed by atoms with E-state index in [2.05, 4.69) is 0 Å². The molecule has 0 saturated carbocycles. The maximum absolute atomic E-state index is 12.2. The van der Waals surface area contributed by atoms with E-state index in [1.807, 2.05) is 19.9 Å². The van der Waals surface area contributed by atoms with E-state index in [4.69, 9.17) is 5.26 Å². The fraction of sp³-hybridized carbons (Fsp3) is 0.769. The Bertz CT molecular complexity index is 404. The molecule has 0 aromatic carbocycles. The molecule has 1 rings (SSSR count). The average molecular weight is 267 g/mol. The van der Waals surface area contributed by atoms with E-state index in [0.29, 0.717) is 19.4 Å². The minimum Gasteiger partial charge on any atom is -0.481 e. The molecule has 1 saturated heterocycles. The van der Waals surface area contributed by atoms with E-state index < -0.39 is 11.4 Å². The number of hydrogen-bond donors (Lipinski definition) is 1. The van der Waals surface area contributed by atoms with Crippen LogP contribution in [0.2, 0.25) is 0 Å². The molecule has 19 heavy (non-hydrogen) atoms. The smallest absolute Gasteiger partial charge is 0.320 e. The molecule has 0 aromatic rings. The number of carboxylic acids is 1. The average Bonchev–Trinajstić information content (AvgIpc) is 2.83. The number of carboxylic acid groups (broad SMARTS) is 1. The highest BCUT2D eigenvalue weighted by atomic mass is 16.4. The Morgan fingerprint density at radius 3 is 2.63 bits per heavy atom. The maximum atomic E-state index is 12.2. The molecule has 0 aliphatic carbocycles. The molecule has 6 heteroatoms. The van der Waals surface area contributed by atoms with E-state index in [0.717, 1.165) is 0 Å². The van der Waals surface area contributed by atoms with Crippen molar-refractivity contribution >= 4 is 12.0 Å². The molecule has 1 heterocycles. The Hall–Kier alpha value is -1.77. The lowest BCUT2D eigenvalue weighted by Crippen LogP contribution is -2.45. The molecule has 0 radical (unpaired) electrons. The molecule has 2 atom stereocenters. The van der Waals surface area contributed by atoms with Gasteiger partial charge in [-0.05, 0) is 19.8 Å². The molecule has 1 N–H and O–H groups in total. The van der Waals surface area contributed by atoms with Crippen LogP contribution >= 0.6 is 0 Å². The molecule has 1 aliphatic rings. The Morgan fingerprint density at radius 2 is 2.21 bits per heavy atom. The Labute approximate surface area is 113 Å². The molecular formula is C13H21N3O3. The van der Waals surface area contributed by atoms with Gasteiger partial charge in [-0.15, -0.1) is 0 Å². The van der Waals surface area contributed by atoms with Crippen LogP contribution in [0.25, 0.3) is 0 Å². The van der Waals surface area contributed by atoms with Crippen LogP contribution < -0.4 is 0 Å². The van der Waals surface area contributed by atoms with Crippen molar-refractivity contribution in [2.45, 2.75) is 39.2 Å². The first-order chi connectivity index (χ1) is 8.88. The summed E-state index contributed by atoms with van der Waals surface area (Å²) in [4.78, 5) is 26.7. The van der Waals surface area contributed by atoms with Crippen LogP contribution in [0, 0.1) is 16.7 Å². The lowest BCUT2D eigenvalue weighted by Gasteiger charge is -2.29. The van der Waals surface area contributed by atoms with Gasteiger partial charge in [-0.25, -0.2) is 4.79 Å². The van der Waals surface area contributed by atoms with Crippen LogP contribution in [0.1, 0.15) is 33.1 Å². The number of nitrogens with zero attached hydrogens (tertiary/aromatic N) is 3. The summed E-state index contributed by atoms with van der Waals surface area (Å²) < 4.78 is 0. The van der Waals surface area contributed by atoms with E-state index in [1.54, 1.807) is 11.9 Å². The summed E-state index contributed by atoms with van der Waals surface area (Å²) in [5.74, 6) is -0.835. The monoisotopic (exact) mass is 267 g/mol. The predicted octanol–water partition coefficient (Wildman–Crippen LogP) is 1.53. The maximum Gasteiger partial charge on any atom is 0.320 e.